The quantitative estimate of drug-likeness (QED) is 0.789. The minimum atomic E-state index is 0.618. The summed E-state index contributed by atoms with van der Waals surface area (Å²) in [6.45, 7) is 3.37. The van der Waals surface area contributed by atoms with Crippen LogP contribution in [-0.4, -0.2) is 12.6 Å². The molecule has 2 atom stereocenters. The van der Waals surface area contributed by atoms with E-state index in [0.717, 1.165) is 12.1 Å². The Morgan fingerprint density at radius 1 is 1.31 bits per heavy atom. The van der Waals surface area contributed by atoms with Gasteiger partial charge in [0, 0.05) is 17.0 Å². The zero-order valence-corrected chi connectivity index (χ0v) is 9.57. The molecule has 0 amide bonds. The summed E-state index contributed by atoms with van der Waals surface area (Å²) in [5, 5.41) is 4.78. The number of furan rings is 1. The lowest BCUT2D eigenvalue weighted by Crippen LogP contribution is -2.34. The van der Waals surface area contributed by atoms with E-state index in [0.29, 0.717) is 12.0 Å². The first kappa shape index (κ1) is 9.91. The van der Waals surface area contributed by atoms with Crippen molar-refractivity contribution in [1.29, 1.82) is 0 Å². The molecular weight excluding hydrogens is 198 g/mol. The molecule has 84 valence electrons. The molecular formula is C14H17NO. The zero-order chi connectivity index (χ0) is 11.0. The highest BCUT2D eigenvalue weighted by Gasteiger charge is 2.22. The maximum absolute atomic E-state index is 5.62. The Hall–Kier alpha value is -1.28. The molecule has 1 aliphatic rings. The van der Waals surface area contributed by atoms with Crippen molar-refractivity contribution in [1.82, 2.24) is 5.32 Å². The number of rotatable bonds is 1. The number of hydrogen-bond donors (Lipinski definition) is 1. The molecule has 1 aromatic carbocycles. The molecule has 0 bridgehead atoms. The average molecular weight is 215 g/mol. The number of fused-ring (bicyclic) bond motifs is 1. The van der Waals surface area contributed by atoms with Crippen LogP contribution in [0.4, 0.5) is 0 Å². The van der Waals surface area contributed by atoms with Gasteiger partial charge in [0.15, 0.2) is 0 Å². The minimum absolute atomic E-state index is 0.618. The molecule has 0 saturated carbocycles. The lowest BCUT2D eigenvalue weighted by Gasteiger charge is -2.27. The SMILES string of the molecule is C[C@@H]1C[C@@H](c2coc3ccccc23)CCN1. The van der Waals surface area contributed by atoms with Gasteiger partial charge in [0.05, 0.1) is 6.26 Å². The van der Waals surface area contributed by atoms with E-state index >= 15 is 0 Å². The van der Waals surface area contributed by atoms with Gasteiger partial charge in [-0.3, -0.25) is 0 Å². The third kappa shape index (κ3) is 1.63. The Kier molecular flexibility index (Phi) is 2.44. The first-order valence-corrected chi connectivity index (χ1v) is 6.04. The Balaban J connectivity index is 1.99. The van der Waals surface area contributed by atoms with Crippen LogP contribution < -0.4 is 5.32 Å². The Labute approximate surface area is 95.6 Å². The van der Waals surface area contributed by atoms with Crippen LogP contribution in [0.25, 0.3) is 11.0 Å². The van der Waals surface area contributed by atoms with Crippen molar-refractivity contribution < 1.29 is 4.42 Å². The molecule has 0 radical (unpaired) electrons. The van der Waals surface area contributed by atoms with Crippen LogP contribution in [0, 0.1) is 0 Å². The van der Waals surface area contributed by atoms with E-state index in [1.807, 2.05) is 18.4 Å². The van der Waals surface area contributed by atoms with Crippen LogP contribution in [0.1, 0.15) is 31.2 Å². The van der Waals surface area contributed by atoms with E-state index < -0.39 is 0 Å². The van der Waals surface area contributed by atoms with Crippen molar-refractivity contribution >= 4 is 11.0 Å². The van der Waals surface area contributed by atoms with Gasteiger partial charge in [-0.15, -0.1) is 0 Å². The van der Waals surface area contributed by atoms with Gasteiger partial charge < -0.3 is 9.73 Å². The van der Waals surface area contributed by atoms with E-state index in [-0.39, 0.29) is 0 Å². The smallest absolute Gasteiger partial charge is 0.134 e. The molecule has 2 aromatic rings. The number of nitrogens with one attached hydrogen (secondary N) is 1. The second kappa shape index (κ2) is 3.95. The van der Waals surface area contributed by atoms with Crippen molar-refractivity contribution in [2.75, 3.05) is 6.54 Å². The highest BCUT2D eigenvalue weighted by molar-refractivity contribution is 5.81. The molecule has 2 heterocycles. The van der Waals surface area contributed by atoms with Crippen molar-refractivity contribution in [2.24, 2.45) is 0 Å². The third-order valence-electron chi connectivity index (χ3n) is 3.57. The molecule has 0 aliphatic carbocycles. The van der Waals surface area contributed by atoms with Gasteiger partial charge in [0.1, 0.15) is 5.58 Å². The highest BCUT2D eigenvalue weighted by Crippen LogP contribution is 2.33. The third-order valence-corrected chi connectivity index (χ3v) is 3.57. The van der Waals surface area contributed by atoms with Crippen molar-refractivity contribution in [2.45, 2.75) is 31.7 Å². The fourth-order valence-corrected chi connectivity index (χ4v) is 2.73. The van der Waals surface area contributed by atoms with E-state index in [4.69, 9.17) is 4.42 Å². The molecule has 0 unspecified atom stereocenters. The van der Waals surface area contributed by atoms with Gasteiger partial charge in [-0.05, 0) is 38.3 Å². The summed E-state index contributed by atoms with van der Waals surface area (Å²) in [5.41, 5.74) is 2.41. The molecule has 2 heteroatoms. The predicted octanol–water partition coefficient (Wildman–Crippen LogP) is 3.29. The molecule has 1 fully saturated rings. The topological polar surface area (TPSA) is 25.2 Å². The predicted molar refractivity (Wildman–Crippen MR) is 65.7 cm³/mol. The van der Waals surface area contributed by atoms with E-state index in [1.54, 1.807) is 0 Å². The summed E-state index contributed by atoms with van der Waals surface area (Å²) < 4.78 is 5.62. The Morgan fingerprint density at radius 3 is 3.06 bits per heavy atom. The van der Waals surface area contributed by atoms with Crippen molar-refractivity contribution in [3.8, 4) is 0 Å². The van der Waals surface area contributed by atoms with E-state index in [9.17, 15) is 0 Å². The van der Waals surface area contributed by atoms with Crippen molar-refractivity contribution in [3.63, 3.8) is 0 Å². The molecule has 1 aromatic heterocycles. The number of piperidine rings is 1. The lowest BCUT2D eigenvalue weighted by atomic mass is 9.87. The molecule has 1 N–H and O–H groups in total. The monoisotopic (exact) mass is 215 g/mol. The number of para-hydroxylation sites is 1. The Morgan fingerprint density at radius 2 is 2.19 bits per heavy atom. The van der Waals surface area contributed by atoms with Crippen LogP contribution in [0.3, 0.4) is 0 Å². The first-order chi connectivity index (χ1) is 7.84. The molecule has 0 spiro atoms. The van der Waals surface area contributed by atoms with Crippen LogP contribution in [0.2, 0.25) is 0 Å². The zero-order valence-electron chi connectivity index (χ0n) is 9.57. The van der Waals surface area contributed by atoms with Gasteiger partial charge in [-0.25, -0.2) is 0 Å². The number of hydrogen-bond acceptors (Lipinski definition) is 2. The summed E-state index contributed by atoms with van der Waals surface area (Å²) in [6.07, 6.45) is 4.38. The molecule has 16 heavy (non-hydrogen) atoms. The summed E-state index contributed by atoms with van der Waals surface area (Å²) >= 11 is 0. The second-order valence-corrected chi connectivity index (χ2v) is 4.76. The largest absolute Gasteiger partial charge is 0.464 e. The average Bonchev–Trinajstić information content (AvgIpc) is 2.72. The Bertz CT molecular complexity index is 488. The summed E-state index contributed by atoms with van der Waals surface area (Å²) in [4.78, 5) is 0. The summed E-state index contributed by atoms with van der Waals surface area (Å²) in [5.74, 6) is 0.653. The standard InChI is InChI=1S/C14H17NO/c1-10-8-11(6-7-15-10)13-9-16-14-5-3-2-4-12(13)14/h2-5,9-11,15H,6-8H2,1H3/t10-,11+/m1/s1. The first-order valence-electron chi connectivity index (χ1n) is 6.04. The maximum atomic E-state index is 5.62. The highest BCUT2D eigenvalue weighted by atomic mass is 16.3. The fourth-order valence-electron chi connectivity index (χ4n) is 2.73. The van der Waals surface area contributed by atoms with E-state index in [2.05, 4.69) is 24.4 Å². The normalized spacial score (nSPS) is 26.1. The van der Waals surface area contributed by atoms with Crippen LogP contribution in [0.15, 0.2) is 34.9 Å². The van der Waals surface area contributed by atoms with Gasteiger partial charge in [0.2, 0.25) is 0 Å². The fraction of sp³-hybridized carbons (Fsp3) is 0.429. The summed E-state index contributed by atoms with van der Waals surface area (Å²) in [6, 6.07) is 8.95. The van der Waals surface area contributed by atoms with Gasteiger partial charge >= 0.3 is 0 Å². The lowest BCUT2D eigenvalue weighted by molar-refractivity contribution is 0.380. The second-order valence-electron chi connectivity index (χ2n) is 4.76. The van der Waals surface area contributed by atoms with Crippen molar-refractivity contribution in [3.05, 3.63) is 36.1 Å². The molecule has 1 saturated heterocycles. The van der Waals surface area contributed by atoms with Crippen LogP contribution in [0.5, 0.6) is 0 Å². The molecule has 3 rings (SSSR count). The van der Waals surface area contributed by atoms with E-state index in [1.165, 1.54) is 23.8 Å². The van der Waals surface area contributed by atoms with Gasteiger partial charge in [0.25, 0.3) is 0 Å². The van der Waals surface area contributed by atoms with Crippen LogP contribution in [-0.2, 0) is 0 Å². The minimum Gasteiger partial charge on any atom is -0.464 e. The maximum Gasteiger partial charge on any atom is 0.134 e. The van der Waals surface area contributed by atoms with Gasteiger partial charge in [-0.2, -0.15) is 0 Å². The molecule has 1 aliphatic heterocycles. The summed E-state index contributed by atoms with van der Waals surface area (Å²) in [7, 11) is 0. The van der Waals surface area contributed by atoms with Crippen LogP contribution >= 0.6 is 0 Å². The molecule has 2 nitrogen and oxygen atoms in total. The van der Waals surface area contributed by atoms with Gasteiger partial charge in [-0.1, -0.05) is 18.2 Å². The number of benzene rings is 1.